The number of nitrogens with zero attached hydrogens (tertiary/aromatic N) is 2. The molecule has 1 aliphatic heterocycles. The van der Waals surface area contributed by atoms with E-state index in [0.29, 0.717) is 47.9 Å². The predicted molar refractivity (Wildman–Crippen MR) is 128 cm³/mol. The number of aromatic nitrogens is 2. The highest BCUT2D eigenvalue weighted by Gasteiger charge is 2.33. The molecule has 1 aromatic heterocycles. The summed E-state index contributed by atoms with van der Waals surface area (Å²) in [6, 6.07) is 14.6. The van der Waals surface area contributed by atoms with Gasteiger partial charge in [-0.2, -0.15) is 4.31 Å². The number of aromatic amines is 1. The topological polar surface area (TPSA) is 121 Å². The Kier molecular flexibility index (Phi) is 6.80. The zero-order chi connectivity index (χ0) is 24.3. The fourth-order valence-electron chi connectivity index (χ4n) is 3.98. The molecule has 3 aromatic rings. The molecule has 0 spiro atoms. The fourth-order valence-corrected chi connectivity index (χ4v) is 5.50. The van der Waals surface area contributed by atoms with Crippen LogP contribution in [0, 0.1) is 12.8 Å². The number of carbonyl (C=O) groups is 1. The molecule has 0 bridgehead atoms. The molecule has 1 saturated heterocycles. The monoisotopic (exact) mass is 482 g/mol. The van der Waals surface area contributed by atoms with Crippen molar-refractivity contribution in [2.24, 2.45) is 5.92 Å². The minimum Gasteiger partial charge on any atom is -0.497 e. The third-order valence-corrected chi connectivity index (χ3v) is 7.60. The maximum absolute atomic E-state index is 13.1. The highest BCUT2D eigenvalue weighted by molar-refractivity contribution is 7.89. The smallest absolute Gasteiger partial charge is 0.251 e. The number of nitrogens with one attached hydrogen (secondary N) is 2. The van der Waals surface area contributed by atoms with E-state index in [4.69, 9.17) is 4.74 Å². The van der Waals surface area contributed by atoms with Gasteiger partial charge >= 0.3 is 0 Å². The molecule has 0 radical (unpaired) electrons. The number of piperidine rings is 1. The molecule has 9 nitrogen and oxygen atoms in total. The number of methoxy groups -OCH3 is 1. The highest BCUT2D eigenvalue weighted by Crippen LogP contribution is 2.26. The van der Waals surface area contributed by atoms with Crippen molar-refractivity contribution in [2.45, 2.75) is 24.7 Å². The maximum atomic E-state index is 13.1. The fraction of sp³-hybridized carbons (Fsp3) is 0.292. The number of ether oxygens (including phenoxy) is 1. The molecule has 4 rings (SSSR count). The number of sulfonamides is 1. The number of H-pyrrole nitrogens is 1. The Hall–Kier alpha value is -3.50. The summed E-state index contributed by atoms with van der Waals surface area (Å²) >= 11 is 0. The highest BCUT2D eigenvalue weighted by atomic mass is 32.2. The van der Waals surface area contributed by atoms with Crippen molar-refractivity contribution < 1.29 is 17.9 Å². The molecule has 2 heterocycles. The van der Waals surface area contributed by atoms with Gasteiger partial charge in [0.15, 0.2) is 0 Å². The molecule has 1 atom stereocenters. The summed E-state index contributed by atoms with van der Waals surface area (Å²) in [4.78, 5) is 32.0. The quantitative estimate of drug-likeness (QED) is 0.557. The lowest BCUT2D eigenvalue weighted by Crippen LogP contribution is -2.43. The van der Waals surface area contributed by atoms with Crippen molar-refractivity contribution in [3.63, 3.8) is 0 Å². The van der Waals surface area contributed by atoms with Crippen molar-refractivity contribution in [2.75, 3.05) is 25.5 Å². The van der Waals surface area contributed by atoms with E-state index in [1.54, 1.807) is 43.3 Å². The Morgan fingerprint density at radius 2 is 1.94 bits per heavy atom. The summed E-state index contributed by atoms with van der Waals surface area (Å²) in [5, 5.41) is 2.88. The van der Waals surface area contributed by atoms with Crippen molar-refractivity contribution >= 4 is 21.6 Å². The number of rotatable bonds is 6. The van der Waals surface area contributed by atoms with Gasteiger partial charge in [-0.05, 0) is 56.2 Å². The molecule has 0 aliphatic carbocycles. The number of amides is 1. The summed E-state index contributed by atoms with van der Waals surface area (Å²) in [6.07, 6.45) is 1.18. The van der Waals surface area contributed by atoms with Gasteiger partial charge in [0.1, 0.15) is 11.6 Å². The van der Waals surface area contributed by atoms with E-state index in [2.05, 4.69) is 15.3 Å². The number of benzene rings is 2. The molecule has 10 heteroatoms. The van der Waals surface area contributed by atoms with Crippen LogP contribution in [0.4, 0.5) is 5.69 Å². The lowest BCUT2D eigenvalue weighted by atomic mass is 9.98. The second-order valence-corrected chi connectivity index (χ2v) is 10.1. The summed E-state index contributed by atoms with van der Waals surface area (Å²) in [6.45, 7) is 2.20. The van der Waals surface area contributed by atoms with Crippen LogP contribution in [0.15, 0.2) is 64.3 Å². The van der Waals surface area contributed by atoms with E-state index >= 15 is 0 Å². The number of anilines is 1. The van der Waals surface area contributed by atoms with Crippen molar-refractivity contribution in [1.29, 1.82) is 0 Å². The molecule has 34 heavy (non-hydrogen) atoms. The van der Waals surface area contributed by atoms with Crippen LogP contribution in [-0.4, -0.2) is 48.8 Å². The Morgan fingerprint density at radius 3 is 2.65 bits per heavy atom. The Balaban J connectivity index is 1.48. The van der Waals surface area contributed by atoms with Crippen molar-refractivity contribution in [3.8, 4) is 17.1 Å². The first-order valence-electron chi connectivity index (χ1n) is 10.9. The molecule has 2 aromatic carbocycles. The van der Waals surface area contributed by atoms with Crippen LogP contribution in [0.1, 0.15) is 18.5 Å². The lowest BCUT2D eigenvalue weighted by Gasteiger charge is -2.31. The average molecular weight is 483 g/mol. The van der Waals surface area contributed by atoms with E-state index in [-0.39, 0.29) is 22.9 Å². The van der Waals surface area contributed by atoms with E-state index in [1.807, 2.05) is 0 Å². The van der Waals surface area contributed by atoms with Crippen molar-refractivity contribution in [3.05, 3.63) is 70.6 Å². The molecule has 1 amide bonds. The van der Waals surface area contributed by atoms with Crippen LogP contribution in [0.2, 0.25) is 0 Å². The minimum absolute atomic E-state index is 0.104. The minimum atomic E-state index is -3.72. The van der Waals surface area contributed by atoms with Crippen LogP contribution in [-0.2, 0) is 14.8 Å². The third-order valence-electron chi connectivity index (χ3n) is 5.73. The number of hydrogen-bond acceptors (Lipinski definition) is 6. The van der Waals surface area contributed by atoms with Crippen LogP contribution >= 0.6 is 0 Å². The van der Waals surface area contributed by atoms with E-state index < -0.39 is 15.9 Å². The first-order chi connectivity index (χ1) is 16.3. The molecule has 1 aliphatic rings. The summed E-state index contributed by atoms with van der Waals surface area (Å²) in [5.41, 5.74) is 1.54. The molecule has 178 valence electrons. The Labute approximate surface area is 197 Å². The van der Waals surface area contributed by atoms with Crippen LogP contribution in [0.3, 0.4) is 0 Å². The standard InChI is InChI=1S/C24H26N4O5S/c1-16-13-22(29)27-23(25-16)17-5-3-7-19(14-17)26-24(30)18-6-4-12-28(15-18)34(31,32)21-10-8-20(33-2)9-11-21/h3,5,7-11,13-14,18H,4,6,12,15H2,1-2H3,(H,26,30)(H,25,27,29)/t18-/m1/s1. The largest absolute Gasteiger partial charge is 0.497 e. The van der Waals surface area contributed by atoms with Gasteiger partial charge in [0.05, 0.1) is 17.9 Å². The third kappa shape index (κ3) is 5.18. The molecule has 0 unspecified atom stereocenters. The molecule has 0 saturated carbocycles. The molecular formula is C24H26N4O5S. The number of carbonyl (C=O) groups excluding carboxylic acids is 1. The predicted octanol–water partition coefficient (Wildman–Crippen LogP) is 2.79. The van der Waals surface area contributed by atoms with Gasteiger partial charge in [-0.1, -0.05) is 12.1 Å². The van der Waals surface area contributed by atoms with Gasteiger partial charge in [0.2, 0.25) is 15.9 Å². The SMILES string of the molecule is COc1ccc(S(=O)(=O)N2CCC[C@@H](C(=O)Nc3cccc(-c4nc(C)cc(=O)[nH]4)c3)C2)cc1. The Bertz CT molecular complexity index is 1350. The number of hydrogen-bond donors (Lipinski definition) is 2. The van der Waals surface area contributed by atoms with Crippen LogP contribution in [0.25, 0.3) is 11.4 Å². The van der Waals surface area contributed by atoms with Gasteiger partial charge in [0, 0.05) is 36.1 Å². The van der Waals surface area contributed by atoms with E-state index in [1.165, 1.54) is 29.6 Å². The molecular weight excluding hydrogens is 456 g/mol. The molecule has 1 fully saturated rings. The van der Waals surface area contributed by atoms with Crippen LogP contribution in [0.5, 0.6) is 5.75 Å². The summed E-state index contributed by atoms with van der Waals surface area (Å²) < 4.78 is 32.6. The van der Waals surface area contributed by atoms with Gasteiger partial charge < -0.3 is 15.0 Å². The van der Waals surface area contributed by atoms with E-state index in [0.717, 1.165) is 0 Å². The average Bonchev–Trinajstić information content (AvgIpc) is 2.83. The summed E-state index contributed by atoms with van der Waals surface area (Å²) in [5.74, 6) is 0.248. The van der Waals surface area contributed by atoms with Gasteiger partial charge in [-0.3, -0.25) is 9.59 Å². The normalized spacial score (nSPS) is 16.7. The van der Waals surface area contributed by atoms with Gasteiger partial charge in [-0.15, -0.1) is 0 Å². The maximum Gasteiger partial charge on any atom is 0.251 e. The Morgan fingerprint density at radius 1 is 1.18 bits per heavy atom. The lowest BCUT2D eigenvalue weighted by molar-refractivity contribution is -0.120. The van der Waals surface area contributed by atoms with Crippen LogP contribution < -0.4 is 15.6 Å². The zero-order valence-electron chi connectivity index (χ0n) is 18.9. The van der Waals surface area contributed by atoms with Gasteiger partial charge in [0.25, 0.3) is 5.56 Å². The number of aryl methyl sites for hydroxylation is 1. The second kappa shape index (κ2) is 9.78. The first kappa shape index (κ1) is 23.7. The van der Waals surface area contributed by atoms with Crippen molar-refractivity contribution in [1.82, 2.24) is 14.3 Å². The van der Waals surface area contributed by atoms with E-state index in [9.17, 15) is 18.0 Å². The molecule has 2 N–H and O–H groups in total. The zero-order valence-corrected chi connectivity index (χ0v) is 19.8. The first-order valence-corrected chi connectivity index (χ1v) is 12.3. The second-order valence-electron chi connectivity index (χ2n) is 8.18. The van der Waals surface area contributed by atoms with Gasteiger partial charge in [-0.25, -0.2) is 13.4 Å². The summed E-state index contributed by atoms with van der Waals surface area (Å²) in [7, 11) is -2.20.